The summed E-state index contributed by atoms with van der Waals surface area (Å²) in [6.45, 7) is 0. The van der Waals surface area contributed by atoms with Gasteiger partial charge in [0.1, 0.15) is 11.5 Å². The molecule has 0 aliphatic heterocycles. The van der Waals surface area contributed by atoms with Crippen LogP contribution in [0.25, 0.3) is 0 Å². The van der Waals surface area contributed by atoms with E-state index in [2.05, 4.69) is 10.9 Å². The Hall–Kier alpha value is -2.44. The molecule has 3 N–H and O–H groups in total. The number of methoxy groups -OCH3 is 1. The average molecular weight is 383 g/mol. The average Bonchev–Trinajstić information content (AvgIpc) is 2.60. The standard InChI is InChI=1S/C17H16Cl2N2O4/c1-25-15-6-2-10(8-13(15)19)3-7-16(23)20-21-17(24)12-9-11(18)4-5-14(12)22/h2,4-6,8-9,22H,3,7H2,1H3,(H,20,23)(H,21,24). The molecule has 8 heteroatoms. The van der Waals surface area contributed by atoms with Crippen LogP contribution in [0.2, 0.25) is 10.0 Å². The molecule has 0 atom stereocenters. The molecule has 2 amide bonds. The van der Waals surface area contributed by atoms with Gasteiger partial charge < -0.3 is 9.84 Å². The number of hydrogen-bond acceptors (Lipinski definition) is 4. The van der Waals surface area contributed by atoms with Crippen molar-refractivity contribution in [3.63, 3.8) is 0 Å². The van der Waals surface area contributed by atoms with Gasteiger partial charge in [0.15, 0.2) is 0 Å². The molecule has 0 saturated carbocycles. The number of halogens is 2. The second-order valence-electron chi connectivity index (χ2n) is 5.13. The van der Waals surface area contributed by atoms with Crippen molar-refractivity contribution in [1.29, 1.82) is 0 Å². The van der Waals surface area contributed by atoms with E-state index in [1.165, 1.54) is 25.3 Å². The Morgan fingerprint density at radius 1 is 1.12 bits per heavy atom. The summed E-state index contributed by atoms with van der Waals surface area (Å²) in [6.07, 6.45) is 0.582. The smallest absolute Gasteiger partial charge is 0.273 e. The van der Waals surface area contributed by atoms with Gasteiger partial charge in [-0.25, -0.2) is 0 Å². The number of phenols is 1. The van der Waals surface area contributed by atoms with Gasteiger partial charge in [0, 0.05) is 11.4 Å². The maximum atomic E-state index is 11.9. The number of phenolic OH excluding ortho intramolecular Hbond substituents is 1. The van der Waals surface area contributed by atoms with Gasteiger partial charge >= 0.3 is 0 Å². The number of rotatable bonds is 5. The fourth-order valence-corrected chi connectivity index (χ4v) is 2.52. The van der Waals surface area contributed by atoms with Crippen molar-refractivity contribution in [2.45, 2.75) is 12.8 Å². The first-order chi connectivity index (χ1) is 11.9. The van der Waals surface area contributed by atoms with Crippen LogP contribution in [0.5, 0.6) is 11.5 Å². The number of amides is 2. The topological polar surface area (TPSA) is 87.7 Å². The van der Waals surface area contributed by atoms with Crippen LogP contribution < -0.4 is 15.6 Å². The van der Waals surface area contributed by atoms with E-state index in [9.17, 15) is 14.7 Å². The molecule has 2 aromatic carbocycles. The van der Waals surface area contributed by atoms with E-state index in [1.807, 2.05) is 0 Å². The highest BCUT2D eigenvalue weighted by Crippen LogP contribution is 2.25. The first-order valence-electron chi connectivity index (χ1n) is 7.31. The number of ether oxygens (including phenoxy) is 1. The zero-order chi connectivity index (χ0) is 18.4. The number of benzene rings is 2. The fraction of sp³-hybridized carbons (Fsp3) is 0.176. The maximum absolute atomic E-state index is 11.9. The van der Waals surface area contributed by atoms with Crippen molar-refractivity contribution in [2.75, 3.05) is 7.11 Å². The summed E-state index contributed by atoms with van der Waals surface area (Å²) < 4.78 is 5.06. The lowest BCUT2D eigenvalue weighted by atomic mass is 10.1. The second kappa shape index (κ2) is 8.60. The fourth-order valence-electron chi connectivity index (χ4n) is 2.07. The third-order valence-electron chi connectivity index (χ3n) is 3.38. The van der Waals surface area contributed by atoms with Crippen LogP contribution in [0.15, 0.2) is 36.4 Å². The third-order valence-corrected chi connectivity index (χ3v) is 3.91. The molecule has 2 rings (SSSR count). The van der Waals surface area contributed by atoms with Gasteiger partial charge in [-0.15, -0.1) is 0 Å². The molecule has 2 aromatic rings. The molecule has 6 nitrogen and oxygen atoms in total. The molecule has 132 valence electrons. The monoisotopic (exact) mass is 382 g/mol. The molecule has 0 heterocycles. The predicted octanol–water partition coefficient (Wildman–Crippen LogP) is 3.10. The van der Waals surface area contributed by atoms with Gasteiger partial charge in [-0.3, -0.25) is 20.4 Å². The lowest BCUT2D eigenvalue weighted by Gasteiger charge is -2.09. The number of carbonyl (C=O) groups is 2. The van der Waals surface area contributed by atoms with Crippen LogP contribution in [0, 0.1) is 0 Å². The van der Waals surface area contributed by atoms with E-state index in [-0.39, 0.29) is 23.6 Å². The summed E-state index contributed by atoms with van der Waals surface area (Å²) in [4.78, 5) is 23.8. The van der Waals surface area contributed by atoms with Gasteiger partial charge in [-0.2, -0.15) is 0 Å². The van der Waals surface area contributed by atoms with Crippen LogP contribution in [-0.4, -0.2) is 24.0 Å². The number of hydrogen-bond donors (Lipinski definition) is 3. The van der Waals surface area contributed by atoms with E-state index in [1.54, 1.807) is 18.2 Å². The first-order valence-corrected chi connectivity index (χ1v) is 8.06. The summed E-state index contributed by atoms with van der Waals surface area (Å²) in [5.41, 5.74) is 5.34. The molecule has 0 fully saturated rings. The molecular weight excluding hydrogens is 367 g/mol. The Kier molecular flexibility index (Phi) is 6.50. The number of aryl methyl sites for hydroxylation is 1. The van der Waals surface area contributed by atoms with E-state index in [0.717, 1.165) is 5.56 Å². The minimum Gasteiger partial charge on any atom is -0.507 e. The van der Waals surface area contributed by atoms with Crippen molar-refractivity contribution < 1.29 is 19.4 Å². The molecule has 0 saturated heterocycles. The molecule has 0 aliphatic rings. The molecule has 0 aromatic heterocycles. The highest BCUT2D eigenvalue weighted by molar-refractivity contribution is 6.32. The van der Waals surface area contributed by atoms with E-state index in [4.69, 9.17) is 27.9 Å². The number of nitrogens with one attached hydrogen (secondary N) is 2. The van der Waals surface area contributed by atoms with E-state index in [0.29, 0.717) is 22.2 Å². The second-order valence-corrected chi connectivity index (χ2v) is 5.98. The van der Waals surface area contributed by atoms with Gasteiger partial charge in [0.05, 0.1) is 17.7 Å². The molecule has 0 aliphatic carbocycles. The summed E-state index contributed by atoms with van der Waals surface area (Å²) in [5, 5.41) is 10.4. The Morgan fingerprint density at radius 2 is 1.88 bits per heavy atom. The first kappa shape index (κ1) is 18.9. The lowest BCUT2D eigenvalue weighted by molar-refractivity contribution is -0.121. The highest BCUT2D eigenvalue weighted by atomic mass is 35.5. The number of hydrazine groups is 1. The Labute approximate surface area is 154 Å². The van der Waals surface area contributed by atoms with Crippen molar-refractivity contribution in [2.24, 2.45) is 0 Å². The van der Waals surface area contributed by atoms with E-state index >= 15 is 0 Å². The largest absolute Gasteiger partial charge is 0.507 e. The highest BCUT2D eigenvalue weighted by Gasteiger charge is 2.13. The molecule has 0 bridgehead atoms. The minimum absolute atomic E-state index is 0.0327. The number of carbonyl (C=O) groups excluding carboxylic acids is 2. The van der Waals surface area contributed by atoms with Crippen molar-refractivity contribution >= 4 is 35.0 Å². The zero-order valence-electron chi connectivity index (χ0n) is 13.3. The van der Waals surface area contributed by atoms with Crippen LogP contribution in [-0.2, 0) is 11.2 Å². The van der Waals surface area contributed by atoms with E-state index < -0.39 is 5.91 Å². The summed E-state index contributed by atoms with van der Waals surface area (Å²) in [7, 11) is 1.52. The van der Waals surface area contributed by atoms with Gasteiger partial charge in [-0.05, 0) is 42.3 Å². The molecule has 0 unspecified atom stereocenters. The summed E-state index contributed by atoms with van der Waals surface area (Å²) in [6, 6.07) is 9.30. The predicted molar refractivity (Wildman–Crippen MR) is 95.1 cm³/mol. The minimum atomic E-state index is -0.666. The van der Waals surface area contributed by atoms with Gasteiger partial charge in [-0.1, -0.05) is 29.3 Å². The van der Waals surface area contributed by atoms with Crippen LogP contribution in [0.3, 0.4) is 0 Å². The lowest BCUT2D eigenvalue weighted by Crippen LogP contribution is -2.41. The summed E-state index contributed by atoms with van der Waals surface area (Å²) >= 11 is 11.8. The normalized spacial score (nSPS) is 10.2. The van der Waals surface area contributed by atoms with Crippen LogP contribution in [0.1, 0.15) is 22.3 Å². The molecule has 25 heavy (non-hydrogen) atoms. The van der Waals surface area contributed by atoms with Crippen LogP contribution >= 0.6 is 23.2 Å². The van der Waals surface area contributed by atoms with Gasteiger partial charge in [0.2, 0.25) is 5.91 Å². The Morgan fingerprint density at radius 3 is 2.56 bits per heavy atom. The SMILES string of the molecule is COc1ccc(CCC(=O)NNC(=O)c2cc(Cl)ccc2O)cc1Cl. The van der Waals surface area contributed by atoms with Crippen molar-refractivity contribution in [3.8, 4) is 11.5 Å². The van der Waals surface area contributed by atoms with Crippen molar-refractivity contribution in [3.05, 3.63) is 57.6 Å². The van der Waals surface area contributed by atoms with Crippen LogP contribution in [0.4, 0.5) is 0 Å². The molecule has 0 spiro atoms. The zero-order valence-corrected chi connectivity index (χ0v) is 14.8. The third kappa shape index (κ3) is 5.27. The quantitative estimate of drug-likeness (QED) is 0.693. The van der Waals surface area contributed by atoms with Crippen molar-refractivity contribution in [1.82, 2.24) is 10.9 Å². The summed E-state index contributed by atoms with van der Waals surface area (Å²) in [5.74, 6) is -0.727. The Balaban J connectivity index is 1.85. The molecule has 0 radical (unpaired) electrons. The Bertz CT molecular complexity index is 796. The maximum Gasteiger partial charge on any atom is 0.273 e. The number of aromatic hydroxyl groups is 1. The van der Waals surface area contributed by atoms with Gasteiger partial charge in [0.25, 0.3) is 5.91 Å². The molecular formula is C17H16Cl2N2O4.